The Morgan fingerprint density at radius 2 is 2.00 bits per heavy atom. The van der Waals surface area contributed by atoms with Crippen LogP contribution < -0.4 is 0 Å². The molecule has 0 spiro atoms. The van der Waals surface area contributed by atoms with Crippen molar-refractivity contribution in [2.75, 3.05) is 6.61 Å². The summed E-state index contributed by atoms with van der Waals surface area (Å²) in [6.07, 6.45) is 6.33. The Morgan fingerprint density at radius 1 is 1.28 bits per heavy atom. The van der Waals surface area contributed by atoms with Gasteiger partial charge in [0.2, 0.25) is 0 Å². The van der Waals surface area contributed by atoms with Crippen LogP contribution >= 0.6 is 0 Å². The topological polar surface area (TPSA) is 70.1 Å². The summed E-state index contributed by atoms with van der Waals surface area (Å²) in [6.45, 7) is 0.130. The monoisotopic (exact) mass is 246 g/mol. The van der Waals surface area contributed by atoms with E-state index < -0.39 is 5.97 Å². The molecule has 0 saturated carbocycles. The summed E-state index contributed by atoms with van der Waals surface area (Å²) >= 11 is 0. The van der Waals surface area contributed by atoms with Gasteiger partial charge in [-0.25, -0.2) is 4.79 Å². The molecule has 18 heavy (non-hydrogen) atoms. The minimum absolute atomic E-state index is 0.130. The molecule has 4 heteroatoms. The molecule has 3 rings (SSSR count). The van der Waals surface area contributed by atoms with Crippen LogP contribution in [0.15, 0.2) is 54.1 Å². The molecule has 1 aliphatic carbocycles. The van der Waals surface area contributed by atoms with E-state index in [0.717, 1.165) is 5.57 Å². The number of aliphatic hydroxyl groups is 1. The van der Waals surface area contributed by atoms with Crippen molar-refractivity contribution in [3.63, 3.8) is 0 Å². The quantitative estimate of drug-likeness (QED) is 0.778. The van der Waals surface area contributed by atoms with Gasteiger partial charge < -0.3 is 14.9 Å². The number of carboxylic acids is 1. The molecule has 2 atom stereocenters. The van der Waals surface area contributed by atoms with Crippen LogP contribution in [0.2, 0.25) is 0 Å². The first-order chi connectivity index (χ1) is 8.72. The molecule has 1 aliphatic heterocycles. The van der Waals surface area contributed by atoms with E-state index in [4.69, 9.17) is 14.9 Å². The number of allylic oxidation sites excluding steroid dienone is 2. The summed E-state index contributed by atoms with van der Waals surface area (Å²) in [4.78, 5) is 10.2. The molecule has 2 N–H and O–H groups in total. The number of carboxylic acid groups (broad SMARTS) is 1. The van der Waals surface area contributed by atoms with Crippen LogP contribution in [0.1, 0.15) is 10.4 Å². The highest BCUT2D eigenvalue weighted by atomic mass is 16.6. The molecule has 2 unspecified atom stereocenters. The number of aromatic carboxylic acids is 1. The van der Waals surface area contributed by atoms with Crippen LogP contribution in [0.4, 0.5) is 0 Å². The van der Waals surface area contributed by atoms with Gasteiger partial charge in [0.05, 0.1) is 12.2 Å². The number of hydrogen-bond acceptors (Lipinski definition) is 3. The maximum absolute atomic E-state index is 10.2. The number of benzene rings is 1. The number of rotatable bonds is 2. The van der Waals surface area contributed by atoms with E-state index in [2.05, 4.69) is 0 Å². The average Bonchev–Trinajstić information content (AvgIpc) is 3.19. The van der Waals surface area contributed by atoms with Crippen LogP contribution in [0, 0.1) is 0 Å². The lowest BCUT2D eigenvalue weighted by atomic mass is 10.1. The first-order valence-corrected chi connectivity index (χ1v) is 5.64. The van der Waals surface area contributed by atoms with Gasteiger partial charge in [-0.05, 0) is 17.7 Å². The number of epoxide rings is 1. The fourth-order valence-corrected chi connectivity index (χ4v) is 1.68. The summed E-state index contributed by atoms with van der Waals surface area (Å²) in [7, 11) is 0. The zero-order chi connectivity index (χ0) is 13.0. The lowest BCUT2D eigenvalue weighted by Gasteiger charge is -1.98. The summed E-state index contributed by atoms with van der Waals surface area (Å²) < 4.78 is 5.17. The normalized spacial score (nSPS) is 23.3. The first kappa shape index (κ1) is 12.5. The second-order valence-electron chi connectivity index (χ2n) is 3.98. The Balaban J connectivity index is 0.000000134. The standard InChI is InChI=1S/C7H8O2.C7H6O2/c8-4-5-2-1-3-6-7(5)9-6;8-7(9)6-4-2-1-3-5-6/h1-3,6-8H,4H2;1-5H,(H,8,9). The third kappa shape index (κ3) is 3.06. The molecule has 1 fully saturated rings. The largest absolute Gasteiger partial charge is 0.478 e. The van der Waals surface area contributed by atoms with Crippen LogP contribution in [0.25, 0.3) is 0 Å². The number of hydrogen-bond donors (Lipinski definition) is 2. The molecule has 1 aromatic rings. The summed E-state index contributed by atoms with van der Waals surface area (Å²) in [5.41, 5.74) is 1.33. The summed E-state index contributed by atoms with van der Waals surface area (Å²) in [5, 5.41) is 17.1. The Hall–Kier alpha value is -1.91. The van der Waals surface area contributed by atoms with E-state index in [1.807, 2.05) is 18.2 Å². The maximum Gasteiger partial charge on any atom is 0.335 e. The van der Waals surface area contributed by atoms with Gasteiger partial charge >= 0.3 is 5.97 Å². The van der Waals surface area contributed by atoms with Crippen molar-refractivity contribution >= 4 is 5.97 Å². The Bertz CT molecular complexity index is 476. The lowest BCUT2D eigenvalue weighted by Crippen LogP contribution is -2.03. The van der Waals surface area contributed by atoms with Gasteiger partial charge in [0.25, 0.3) is 0 Å². The fourth-order valence-electron chi connectivity index (χ4n) is 1.68. The van der Waals surface area contributed by atoms with E-state index in [1.54, 1.807) is 30.3 Å². The molecule has 0 aromatic heterocycles. The Kier molecular flexibility index (Phi) is 3.92. The third-order valence-electron chi connectivity index (χ3n) is 2.71. The minimum atomic E-state index is -0.879. The van der Waals surface area contributed by atoms with Gasteiger partial charge in [-0.3, -0.25) is 0 Å². The number of fused-ring (bicyclic) bond motifs is 1. The van der Waals surface area contributed by atoms with E-state index in [-0.39, 0.29) is 18.8 Å². The highest BCUT2D eigenvalue weighted by molar-refractivity contribution is 5.87. The molecule has 2 aliphatic rings. The maximum atomic E-state index is 10.2. The number of carbonyl (C=O) groups is 1. The van der Waals surface area contributed by atoms with E-state index in [0.29, 0.717) is 5.56 Å². The van der Waals surface area contributed by atoms with Crippen molar-refractivity contribution in [1.82, 2.24) is 0 Å². The molecule has 1 heterocycles. The minimum Gasteiger partial charge on any atom is -0.478 e. The van der Waals surface area contributed by atoms with Crippen LogP contribution in [-0.4, -0.2) is 35.0 Å². The molecule has 0 amide bonds. The van der Waals surface area contributed by atoms with Gasteiger partial charge in [0, 0.05) is 0 Å². The van der Waals surface area contributed by atoms with Crippen molar-refractivity contribution in [2.45, 2.75) is 12.2 Å². The molecular weight excluding hydrogens is 232 g/mol. The molecule has 0 bridgehead atoms. The van der Waals surface area contributed by atoms with Crippen LogP contribution in [0.3, 0.4) is 0 Å². The molecule has 1 saturated heterocycles. The van der Waals surface area contributed by atoms with Crippen molar-refractivity contribution < 1.29 is 19.7 Å². The van der Waals surface area contributed by atoms with Gasteiger partial charge in [0.1, 0.15) is 12.2 Å². The Morgan fingerprint density at radius 3 is 2.50 bits per heavy atom. The second kappa shape index (κ2) is 5.62. The first-order valence-electron chi connectivity index (χ1n) is 5.64. The van der Waals surface area contributed by atoms with E-state index >= 15 is 0 Å². The summed E-state index contributed by atoms with van der Waals surface area (Å²) in [5.74, 6) is -0.879. The zero-order valence-electron chi connectivity index (χ0n) is 9.69. The lowest BCUT2D eigenvalue weighted by molar-refractivity contribution is 0.0697. The van der Waals surface area contributed by atoms with Gasteiger partial charge in [0.15, 0.2) is 0 Å². The van der Waals surface area contributed by atoms with Gasteiger partial charge in [-0.2, -0.15) is 0 Å². The second-order valence-corrected chi connectivity index (χ2v) is 3.98. The predicted molar refractivity (Wildman–Crippen MR) is 66.4 cm³/mol. The average molecular weight is 246 g/mol. The summed E-state index contributed by atoms with van der Waals surface area (Å²) in [6, 6.07) is 8.30. The van der Waals surface area contributed by atoms with E-state index in [9.17, 15) is 4.79 Å². The van der Waals surface area contributed by atoms with Crippen LogP contribution in [0.5, 0.6) is 0 Å². The van der Waals surface area contributed by atoms with Crippen molar-refractivity contribution in [3.05, 3.63) is 59.7 Å². The predicted octanol–water partition coefficient (Wildman–Crippen LogP) is 1.63. The Labute approximate surface area is 105 Å². The zero-order valence-corrected chi connectivity index (χ0v) is 9.69. The van der Waals surface area contributed by atoms with Crippen molar-refractivity contribution in [1.29, 1.82) is 0 Å². The van der Waals surface area contributed by atoms with Crippen molar-refractivity contribution in [3.8, 4) is 0 Å². The SMILES string of the molecule is O=C(O)c1ccccc1.OCC1=CC=CC2OC12. The molecule has 4 nitrogen and oxygen atoms in total. The third-order valence-corrected chi connectivity index (χ3v) is 2.71. The highest BCUT2D eigenvalue weighted by Crippen LogP contribution is 2.32. The molecule has 0 radical (unpaired) electrons. The molecule has 94 valence electrons. The van der Waals surface area contributed by atoms with Crippen LogP contribution in [-0.2, 0) is 4.74 Å². The van der Waals surface area contributed by atoms with E-state index in [1.165, 1.54) is 0 Å². The number of ether oxygens (including phenoxy) is 1. The fraction of sp³-hybridized carbons (Fsp3) is 0.214. The van der Waals surface area contributed by atoms with Crippen molar-refractivity contribution in [2.24, 2.45) is 0 Å². The van der Waals surface area contributed by atoms with Gasteiger partial charge in [-0.15, -0.1) is 0 Å². The smallest absolute Gasteiger partial charge is 0.335 e. The molecular formula is C14H14O4. The highest BCUT2D eigenvalue weighted by Gasteiger charge is 2.40. The molecule has 1 aromatic carbocycles. The van der Waals surface area contributed by atoms with Gasteiger partial charge in [-0.1, -0.05) is 36.4 Å². The number of aliphatic hydroxyl groups excluding tert-OH is 1.